The van der Waals surface area contributed by atoms with Gasteiger partial charge in [0, 0.05) is 5.56 Å². The molecule has 0 bridgehead atoms. The highest BCUT2D eigenvalue weighted by Crippen LogP contribution is 2.27. The summed E-state index contributed by atoms with van der Waals surface area (Å²) < 4.78 is 22.6. The van der Waals surface area contributed by atoms with Crippen molar-refractivity contribution in [2.24, 2.45) is 5.14 Å². The monoisotopic (exact) mass is 293 g/mol. The summed E-state index contributed by atoms with van der Waals surface area (Å²) in [5.41, 5.74) is 1.63. The molecular formula is C13H11NO3S2. The van der Waals surface area contributed by atoms with Crippen LogP contribution in [0.5, 0.6) is 0 Å². The topological polar surface area (TPSA) is 77.2 Å². The molecule has 0 saturated carbocycles. The zero-order valence-electron chi connectivity index (χ0n) is 9.78. The van der Waals surface area contributed by atoms with E-state index >= 15 is 0 Å². The summed E-state index contributed by atoms with van der Waals surface area (Å²) in [5.74, 6) is 0. The number of carbonyl (C=O) groups excluding carboxylic acids is 1. The van der Waals surface area contributed by atoms with Crippen molar-refractivity contribution in [2.75, 3.05) is 0 Å². The van der Waals surface area contributed by atoms with Gasteiger partial charge in [-0.25, -0.2) is 13.6 Å². The fourth-order valence-corrected chi connectivity index (χ4v) is 2.47. The normalized spacial score (nSPS) is 11.3. The highest BCUT2D eigenvalue weighted by molar-refractivity contribution is 7.97. The maximum atomic E-state index is 11.5. The quantitative estimate of drug-likeness (QED) is 0.850. The number of sulfonamides is 1. The lowest BCUT2D eigenvalue weighted by molar-refractivity contribution is 0.109. The van der Waals surface area contributed by atoms with E-state index in [9.17, 15) is 13.2 Å². The second-order valence-electron chi connectivity index (χ2n) is 3.92. The Morgan fingerprint density at radius 2 is 1.68 bits per heavy atom. The van der Waals surface area contributed by atoms with Crippen LogP contribution >= 0.6 is 12.6 Å². The van der Waals surface area contributed by atoms with E-state index in [2.05, 4.69) is 12.6 Å². The number of primary sulfonamides is 1. The number of rotatable bonds is 3. The zero-order chi connectivity index (χ0) is 14.0. The molecule has 2 rings (SSSR count). The number of benzene rings is 2. The van der Waals surface area contributed by atoms with Crippen LogP contribution in [0.3, 0.4) is 0 Å². The van der Waals surface area contributed by atoms with E-state index in [4.69, 9.17) is 5.14 Å². The van der Waals surface area contributed by atoms with Crippen molar-refractivity contribution in [3.8, 4) is 11.1 Å². The summed E-state index contributed by atoms with van der Waals surface area (Å²) in [4.78, 5) is 11.4. The number of hydrogen-bond donors (Lipinski definition) is 2. The van der Waals surface area contributed by atoms with Crippen molar-refractivity contribution in [1.82, 2.24) is 0 Å². The van der Waals surface area contributed by atoms with Gasteiger partial charge in [0.05, 0.1) is 4.90 Å². The molecule has 0 fully saturated rings. The summed E-state index contributed by atoms with van der Waals surface area (Å²) in [5, 5.41) is 4.54. The zero-order valence-corrected chi connectivity index (χ0v) is 11.5. The lowest BCUT2D eigenvalue weighted by Gasteiger charge is -2.08. The fourth-order valence-electron chi connectivity index (χ4n) is 1.75. The van der Waals surface area contributed by atoms with Gasteiger partial charge in [-0.2, -0.15) is 0 Å². The number of thiol groups is 1. The van der Waals surface area contributed by atoms with Gasteiger partial charge in [0.25, 0.3) is 0 Å². The van der Waals surface area contributed by atoms with Gasteiger partial charge in [-0.15, -0.1) is 12.6 Å². The summed E-state index contributed by atoms with van der Waals surface area (Å²) in [6.45, 7) is 0. The van der Waals surface area contributed by atoms with Gasteiger partial charge in [-0.3, -0.25) is 4.79 Å². The number of carbonyl (C=O) groups is 1. The molecule has 0 aliphatic heterocycles. The molecule has 0 saturated heterocycles. The van der Waals surface area contributed by atoms with Gasteiger partial charge in [-0.1, -0.05) is 36.4 Å². The first-order valence-corrected chi connectivity index (χ1v) is 7.34. The van der Waals surface area contributed by atoms with E-state index < -0.39 is 15.1 Å². The summed E-state index contributed by atoms with van der Waals surface area (Å²) >= 11 is 3.78. The lowest BCUT2D eigenvalue weighted by atomic mass is 10.0. The molecule has 0 spiro atoms. The van der Waals surface area contributed by atoms with Gasteiger partial charge >= 0.3 is 0 Å². The average molecular weight is 293 g/mol. The van der Waals surface area contributed by atoms with Crippen molar-refractivity contribution in [1.29, 1.82) is 0 Å². The largest absolute Gasteiger partial charge is 0.282 e. The first-order valence-electron chi connectivity index (χ1n) is 5.35. The molecule has 2 aromatic rings. The number of nitrogens with two attached hydrogens (primary N) is 1. The lowest BCUT2D eigenvalue weighted by Crippen LogP contribution is -2.13. The average Bonchev–Trinajstić information content (AvgIpc) is 2.38. The van der Waals surface area contributed by atoms with Crippen LogP contribution in [0.2, 0.25) is 0 Å². The molecule has 4 nitrogen and oxygen atoms in total. The van der Waals surface area contributed by atoms with E-state index in [0.29, 0.717) is 5.56 Å². The molecule has 0 amide bonds. The molecule has 19 heavy (non-hydrogen) atoms. The van der Waals surface area contributed by atoms with Crippen molar-refractivity contribution in [3.63, 3.8) is 0 Å². The van der Waals surface area contributed by atoms with Crippen molar-refractivity contribution < 1.29 is 13.2 Å². The van der Waals surface area contributed by atoms with E-state index in [1.807, 2.05) is 30.3 Å². The highest BCUT2D eigenvalue weighted by atomic mass is 32.2. The minimum absolute atomic E-state index is 0.107. The standard InChI is InChI=1S/C13H11NO3S2/c14-19(16,17)10-6-7-11(12(8-10)13(15)18)9-4-2-1-3-5-9/h1-8H,(H,15,18)(H2,14,16,17). The minimum atomic E-state index is -3.84. The Kier molecular flexibility index (Phi) is 3.75. The second kappa shape index (κ2) is 5.16. The predicted octanol–water partition coefficient (Wildman–Crippen LogP) is 2.07. The van der Waals surface area contributed by atoms with E-state index in [1.54, 1.807) is 6.07 Å². The highest BCUT2D eigenvalue weighted by Gasteiger charge is 2.15. The molecule has 0 radical (unpaired) electrons. The Morgan fingerprint density at radius 3 is 2.21 bits per heavy atom. The van der Waals surface area contributed by atoms with Gasteiger partial charge in [0.2, 0.25) is 15.1 Å². The first-order chi connectivity index (χ1) is 8.89. The van der Waals surface area contributed by atoms with Gasteiger partial charge in [-0.05, 0) is 23.3 Å². The molecular weight excluding hydrogens is 282 g/mol. The third-order valence-corrected chi connectivity index (χ3v) is 3.79. The maximum Gasteiger partial charge on any atom is 0.238 e. The predicted molar refractivity (Wildman–Crippen MR) is 76.6 cm³/mol. The van der Waals surface area contributed by atoms with Crippen LogP contribution in [-0.2, 0) is 10.0 Å². The summed E-state index contributed by atoms with van der Waals surface area (Å²) in [6, 6.07) is 13.3. The Hall–Kier alpha value is -1.63. The summed E-state index contributed by atoms with van der Waals surface area (Å²) in [6.07, 6.45) is 0. The number of hydrogen-bond acceptors (Lipinski definition) is 3. The minimum Gasteiger partial charge on any atom is -0.282 e. The molecule has 2 N–H and O–H groups in total. The maximum absolute atomic E-state index is 11.5. The van der Waals surface area contributed by atoms with Crippen molar-refractivity contribution in [2.45, 2.75) is 4.90 Å². The molecule has 0 heterocycles. The molecule has 0 unspecified atom stereocenters. The third-order valence-electron chi connectivity index (χ3n) is 2.63. The van der Waals surface area contributed by atoms with Crippen molar-refractivity contribution in [3.05, 3.63) is 54.1 Å². The molecule has 6 heteroatoms. The fraction of sp³-hybridized carbons (Fsp3) is 0. The Balaban J connectivity index is 2.67. The Labute approximate surface area is 116 Å². The Bertz CT molecular complexity index is 725. The third kappa shape index (κ3) is 3.04. The van der Waals surface area contributed by atoms with Gasteiger partial charge < -0.3 is 0 Å². The molecule has 0 aliphatic carbocycles. The second-order valence-corrected chi connectivity index (χ2v) is 5.89. The van der Waals surface area contributed by atoms with Gasteiger partial charge in [0.15, 0.2) is 0 Å². The van der Waals surface area contributed by atoms with Crippen LogP contribution < -0.4 is 5.14 Å². The van der Waals surface area contributed by atoms with Crippen LogP contribution in [0.25, 0.3) is 11.1 Å². The van der Waals surface area contributed by atoms with E-state index in [0.717, 1.165) is 5.56 Å². The smallest absolute Gasteiger partial charge is 0.238 e. The molecule has 0 atom stereocenters. The molecule has 0 aliphatic rings. The van der Waals surface area contributed by atoms with Crippen LogP contribution in [0.1, 0.15) is 10.4 Å². The van der Waals surface area contributed by atoms with Gasteiger partial charge in [0.1, 0.15) is 0 Å². The van der Waals surface area contributed by atoms with Crippen molar-refractivity contribution >= 4 is 27.8 Å². The summed E-state index contributed by atoms with van der Waals surface area (Å²) in [7, 11) is -3.84. The van der Waals surface area contributed by atoms with Crippen LogP contribution in [0.4, 0.5) is 0 Å². The van der Waals surface area contributed by atoms with E-state index in [1.165, 1.54) is 12.1 Å². The van der Waals surface area contributed by atoms with Crippen LogP contribution in [-0.4, -0.2) is 13.5 Å². The van der Waals surface area contributed by atoms with Crippen LogP contribution in [0.15, 0.2) is 53.4 Å². The molecule has 98 valence electrons. The van der Waals surface area contributed by atoms with E-state index in [-0.39, 0.29) is 10.5 Å². The molecule has 0 aromatic heterocycles. The first kappa shape index (κ1) is 13.8. The molecule has 2 aromatic carbocycles. The van der Waals surface area contributed by atoms with Crippen LogP contribution in [0, 0.1) is 0 Å². The Morgan fingerprint density at radius 1 is 1.05 bits per heavy atom. The SMILES string of the molecule is NS(=O)(=O)c1ccc(-c2ccccc2)c(C(=O)S)c1.